The van der Waals surface area contributed by atoms with Gasteiger partial charge in [-0.05, 0) is 51.4 Å². The lowest BCUT2D eigenvalue weighted by molar-refractivity contribution is 0.408. The topological polar surface area (TPSA) is 21.3 Å². The second-order valence-electron chi connectivity index (χ2n) is 4.58. The van der Waals surface area contributed by atoms with Gasteiger partial charge in [-0.25, -0.2) is 0 Å². The molecule has 96 valence electrons. The van der Waals surface area contributed by atoms with E-state index >= 15 is 0 Å². The van der Waals surface area contributed by atoms with Gasteiger partial charge < -0.3 is 10.1 Å². The molecule has 1 rings (SSSR count). The van der Waals surface area contributed by atoms with E-state index in [1.807, 2.05) is 7.05 Å². The van der Waals surface area contributed by atoms with Crippen LogP contribution in [0.4, 0.5) is 0 Å². The minimum Gasteiger partial charge on any atom is -0.496 e. The lowest BCUT2D eigenvalue weighted by Gasteiger charge is -2.09. The highest BCUT2D eigenvalue weighted by Gasteiger charge is 2.02. The van der Waals surface area contributed by atoms with Gasteiger partial charge in [-0.3, -0.25) is 0 Å². The van der Waals surface area contributed by atoms with Crippen molar-refractivity contribution in [2.75, 3.05) is 20.7 Å². The van der Waals surface area contributed by atoms with Crippen molar-refractivity contribution in [2.24, 2.45) is 0 Å². The molecule has 2 heteroatoms. The van der Waals surface area contributed by atoms with Crippen molar-refractivity contribution in [1.29, 1.82) is 0 Å². The third kappa shape index (κ3) is 5.22. The van der Waals surface area contributed by atoms with E-state index in [2.05, 4.69) is 30.4 Å². The van der Waals surface area contributed by atoms with Crippen molar-refractivity contribution < 1.29 is 4.74 Å². The summed E-state index contributed by atoms with van der Waals surface area (Å²) in [6.07, 6.45) is 6.28. The molecule has 0 atom stereocenters. The summed E-state index contributed by atoms with van der Waals surface area (Å²) in [6.45, 7) is 3.27. The molecule has 0 spiro atoms. The van der Waals surface area contributed by atoms with Gasteiger partial charge in [-0.15, -0.1) is 0 Å². The van der Waals surface area contributed by atoms with Crippen LogP contribution >= 0.6 is 0 Å². The van der Waals surface area contributed by atoms with Crippen LogP contribution in [0.2, 0.25) is 0 Å². The van der Waals surface area contributed by atoms with E-state index < -0.39 is 0 Å². The zero-order valence-corrected chi connectivity index (χ0v) is 11.4. The Balaban J connectivity index is 2.32. The van der Waals surface area contributed by atoms with Crippen LogP contribution in [-0.4, -0.2) is 20.7 Å². The Hall–Kier alpha value is -1.02. The second kappa shape index (κ2) is 8.13. The highest BCUT2D eigenvalue weighted by Crippen LogP contribution is 2.21. The van der Waals surface area contributed by atoms with Crippen molar-refractivity contribution in [2.45, 2.75) is 39.0 Å². The normalized spacial score (nSPS) is 10.5. The fraction of sp³-hybridized carbons (Fsp3) is 0.600. The highest BCUT2D eigenvalue weighted by molar-refractivity contribution is 5.36. The number of ether oxygens (including phenoxy) is 1. The number of methoxy groups -OCH3 is 1. The van der Waals surface area contributed by atoms with E-state index in [4.69, 9.17) is 4.74 Å². The summed E-state index contributed by atoms with van der Waals surface area (Å²) in [6, 6.07) is 6.42. The van der Waals surface area contributed by atoms with Gasteiger partial charge in [-0.1, -0.05) is 30.5 Å². The molecule has 0 heterocycles. The molecule has 0 fully saturated rings. The Morgan fingerprint density at radius 1 is 1.12 bits per heavy atom. The zero-order chi connectivity index (χ0) is 12.5. The molecule has 1 N–H and O–H groups in total. The first kappa shape index (κ1) is 14.0. The molecule has 1 aromatic carbocycles. The monoisotopic (exact) mass is 235 g/mol. The Morgan fingerprint density at radius 2 is 1.88 bits per heavy atom. The van der Waals surface area contributed by atoms with Gasteiger partial charge in [0.25, 0.3) is 0 Å². The quantitative estimate of drug-likeness (QED) is 0.698. The van der Waals surface area contributed by atoms with Crippen LogP contribution in [0.1, 0.15) is 36.8 Å². The fourth-order valence-corrected chi connectivity index (χ4v) is 2.07. The minimum atomic E-state index is 1.03. The van der Waals surface area contributed by atoms with Crippen molar-refractivity contribution >= 4 is 0 Å². The molecule has 0 aromatic heterocycles. The van der Waals surface area contributed by atoms with E-state index in [0.29, 0.717) is 0 Å². The molecular weight excluding hydrogens is 210 g/mol. The minimum absolute atomic E-state index is 1.03. The highest BCUT2D eigenvalue weighted by atomic mass is 16.5. The average Bonchev–Trinajstić information content (AvgIpc) is 2.34. The summed E-state index contributed by atoms with van der Waals surface area (Å²) >= 11 is 0. The van der Waals surface area contributed by atoms with Gasteiger partial charge in [-0.2, -0.15) is 0 Å². The van der Waals surface area contributed by atoms with Crippen molar-refractivity contribution in [1.82, 2.24) is 5.32 Å². The summed E-state index contributed by atoms with van der Waals surface area (Å²) in [5.74, 6) is 1.03. The number of benzene rings is 1. The third-order valence-electron chi connectivity index (χ3n) is 3.06. The molecule has 1 aromatic rings. The lowest BCUT2D eigenvalue weighted by atomic mass is 10.0. The molecule has 17 heavy (non-hydrogen) atoms. The van der Waals surface area contributed by atoms with Gasteiger partial charge in [0.05, 0.1) is 7.11 Å². The fourth-order valence-electron chi connectivity index (χ4n) is 2.07. The predicted octanol–water partition coefficient (Wildman–Crippen LogP) is 3.33. The van der Waals surface area contributed by atoms with E-state index in [1.54, 1.807) is 7.11 Å². The molecule has 0 unspecified atom stereocenters. The van der Waals surface area contributed by atoms with Gasteiger partial charge >= 0.3 is 0 Å². The smallest absolute Gasteiger partial charge is 0.122 e. The lowest BCUT2D eigenvalue weighted by Crippen LogP contribution is -2.06. The van der Waals surface area contributed by atoms with Crippen LogP contribution in [0.15, 0.2) is 18.2 Å². The number of nitrogens with one attached hydrogen (secondary N) is 1. The first-order valence-corrected chi connectivity index (χ1v) is 6.56. The second-order valence-corrected chi connectivity index (χ2v) is 4.58. The molecule has 0 saturated heterocycles. The molecule has 0 aliphatic heterocycles. The molecule has 0 aliphatic carbocycles. The summed E-state index contributed by atoms with van der Waals surface area (Å²) in [7, 11) is 3.76. The van der Waals surface area contributed by atoms with Gasteiger partial charge in [0, 0.05) is 0 Å². The Morgan fingerprint density at radius 3 is 2.59 bits per heavy atom. The summed E-state index contributed by atoms with van der Waals surface area (Å²) < 4.78 is 5.39. The maximum atomic E-state index is 5.39. The zero-order valence-electron chi connectivity index (χ0n) is 11.4. The number of hydrogen-bond donors (Lipinski definition) is 1. The summed E-state index contributed by atoms with van der Waals surface area (Å²) in [5, 5.41) is 3.18. The van der Waals surface area contributed by atoms with Crippen LogP contribution in [0.3, 0.4) is 0 Å². The molecule has 0 radical (unpaired) electrons. The van der Waals surface area contributed by atoms with Crippen LogP contribution in [-0.2, 0) is 6.42 Å². The first-order valence-electron chi connectivity index (χ1n) is 6.56. The van der Waals surface area contributed by atoms with Crippen molar-refractivity contribution in [3.05, 3.63) is 29.3 Å². The molecule has 0 amide bonds. The van der Waals surface area contributed by atoms with E-state index in [1.165, 1.54) is 36.8 Å². The Labute approximate surface area is 105 Å². The van der Waals surface area contributed by atoms with Crippen molar-refractivity contribution in [3.8, 4) is 5.75 Å². The molecule has 0 saturated carbocycles. The van der Waals surface area contributed by atoms with E-state index in [-0.39, 0.29) is 0 Å². The number of hydrogen-bond acceptors (Lipinski definition) is 2. The molecule has 0 aliphatic rings. The number of unbranched alkanes of at least 4 members (excludes halogenated alkanes) is 3. The number of aryl methyl sites for hydroxylation is 2. The van der Waals surface area contributed by atoms with E-state index in [9.17, 15) is 0 Å². The maximum Gasteiger partial charge on any atom is 0.122 e. The van der Waals surface area contributed by atoms with Crippen LogP contribution < -0.4 is 10.1 Å². The number of rotatable bonds is 8. The maximum absolute atomic E-state index is 5.39. The Kier molecular flexibility index (Phi) is 6.71. The summed E-state index contributed by atoms with van der Waals surface area (Å²) in [5.41, 5.74) is 2.66. The standard InChI is InChI=1S/C15H25NO/c1-13-9-10-15(17-3)14(12-13)8-6-4-5-7-11-16-2/h9-10,12,16H,4-8,11H2,1-3H3. The van der Waals surface area contributed by atoms with Crippen LogP contribution in [0.5, 0.6) is 5.75 Å². The van der Waals surface area contributed by atoms with Gasteiger partial charge in [0.2, 0.25) is 0 Å². The largest absolute Gasteiger partial charge is 0.496 e. The molecular formula is C15H25NO. The predicted molar refractivity (Wildman–Crippen MR) is 73.8 cm³/mol. The van der Waals surface area contributed by atoms with Gasteiger partial charge in [0.15, 0.2) is 0 Å². The van der Waals surface area contributed by atoms with E-state index in [0.717, 1.165) is 18.7 Å². The third-order valence-corrected chi connectivity index (χ3v) is 3.06. The van der Waals surface area contributed by atoms with Gasteiger partial charge in [0.1, 0.15) is 5.75 Å². The first-order chi connectivity index (χ1) is 8.27. The summed E-state index contributed by atoms with van der Waals surface area (Å²) in [4.78, 5) is 0. The molecule has 0 bridgehead atoms. The SMILES string of the molecule is CNCCCCCCc1cc(C)ccc1OC. The Bertz CT molecular complexity index is 323. The average molecular weight is 235 g/mol. The van der Waals surface area contributed by atoms with Crippen LogP contribution in [0, 0.1) is 6.92 Å². The van der Waals surface area contributed by atoms with Crippen LogP contribution in [0.25, 0.3) is 0 Å². The van der Waals surface area contributed by atoms with Crippen molar-refractivity contribution in [3.63, 3.8) is 0 Å². The molecule has 2 nitrogen and oxygen atoms in total.